The van der Waals surface area contributed by atoms with Crippen LogP contribution in [0.2, 0.25) is 0 Å². The van der Waals surface area contributed by atoms with Gasteiger partial charge in [-0.05, 0) is 55.7 Å². The monoisotopic (exact) mass is 473 g/mol. The van der Waals surface area contributed by atoms with E-state index >= 15 is 0 Å². The van der Waals surface area contributed by atoms with Gasteiger partial charge in [-0.1, -0.05) is 61.4 Å². The molecule has 2 N–H and O–H groups in total. The van der Waals surface area contributed by atoms with Gasteiger partial charge in [0.2, 0.25) is 11.8 Å². The fourth-order valence-electron chi connectivity index (χ4n) is 5.78. The first kappa shape index (κ1) is 23.6. The lowest BCUT2D eigenvalue weighted by Crippen LogP contribution is -2.55. The number of nitrogens with one attached hydrogen (secondary N) is 2. The molecule has 1 aliphatic heterocycles. The van der Waals surface area contributed by atoms with Gasteiger partial charge in [0, 0.05) is 36.7 Å². The summed E-state index contributed by atoms with van der Waals surface area (Å²) < 4.78 is 0. The third-order valence-electron chi connectivity index (χ3n) is 7.89. The highest BCUT2D eigenvalue weighted by atomic mass is 16.2. The van der Waals surface area contributed by atoms with Crippen LogP contribution in [-0.4, -0.2) is 47.8 Å². The lowest BCUT2D eigenvalue weighted by atomic mass is 9.88. The molecule has 0 aromatic heterocycles. The summed E-state index contributed by atoms with van der Waals surface area (Å²) in [5.41, 5.74) is 1.87. The zero-order valence-electron chi connectivity index (χ0n) is 20.2. The van der Waals surface area contributed by atoms with Crippen molar-refractivity contribution in [3.63, 3.8) is 0 Å². The van der Waals surface area contributed by atoms with Crippen molar-refractivity contribution in [3.05, 3.63) is 71.8 Å². The van der Waals surface area contributed by atoms with Crippen molar-refractivity contribution >= 4 is 17.7 Å². The summed E-state index contributed by atoms with van der Waals surface area (Å²) in [6.07, 6.45) is 6.37. The molecule has 6 nitrogen and oxygen atoms in total. The first-order valence-corrected chi connectivity index (χ1v) is 13.1. The standard InChI is InChI=1S/C29H35N3O3/c33-27(21-12-5-2-6-13-21)30-25-15-7-8-16-26(25)31-28(34)22-14-9-17-32(19-22)29(35)24-18-23(24)20-10-3-1-4-11-20/h1-6,10-13,22-26H,7-9,14-19H2,(H,30,33)(H,31,34)/t22?,23-,24?,25+,26+/m0/s1. The molecule has 2 aliphatic carbocycles. The molecular weight excluding hydrogens is 438 g/mol. The van der Waals surface area contributed by atoms with Gasteiger partial charge in [-0.25, -0.2) is 0 Å². The van der Waals surface area contributed by atoms with Crippen molar-refractivity contribution in [3.8, 4) is 0 Å². The second-order valence-electron chi connectivity index (χ2n) is 10.3. The van der Waals surface area contributed by atoms with Crippen LogP contribution in [0.4, 0.5) is 0 Å². The average molecular weight is 474 g/mol. The number of carbonyl (C=O) groups is 3. The van der Waals surface area contributed by atoms with E-state index in [1.165, 1.54) is 5.56 Å². The summed E-state index contributed by atoms with van der Waals surface area (Å²) >= 11 is 0. The van der Waals surface area contributed by atoms with Crippen molar-refractivity contribution in [2.45, 2.75) is 62.9 Å². The van der Waals surface area contributed by atoms with E-state index in [2.05, 4.69) is 22.8 Å². The molecule has 184 valence electrons. The highest BCUT2D eigenvalue weighted by Crippen LogP contribution is 2.48. The van der Waals surface area contributed by atoms with E-state index in [1.54, 1.807) is 0 Å². The Kier molecular flexibility index (Phi) is 7.16. The van der Waals surface area contributed by atoms with Gasteiger partial charge in [-0.3, -0.25) is 14.4 Å². The van der Waals surface area contributed by atoms with Crippen molar-refractivity contribution in [1.82, 2.24) is 15.5 Å². The van der Waals surface area contributed by atoms with Crippen LogP contribution in [0.25, 0.3) is 0 Å². The number of rotatable bonds is 6. The van der Waals surface area contributed by atoms with Crippen LogP contribution in [-0.2, 0) is 9.59 Å². The van der Waals surface area contributed by atoms with Crippen molar-refractivity contribution in [2.75, 3.05) is 13.1 Å². The van der Waals surface area contributed by atoms with Crippen molar-refractivity contribution < 1.29 is 14.4 Å². The Morgan fingerprint density at radius 3 is 2.14 bits per heavy atom. The Morgan fingerprint density at radius 1 is 0.771 bits per heavy atom. The van der Waals surface area contributed by atoms with E-state index in [9.17, 15) is 14.4 Å². The molecular formula is C29H35N3O3. The smallest absolute Gasteiger partial charge is 0.251 e. The van der Waals surface area contributed by atoms with E-state index in [4.69, 9.17) is 0 Å². The minimum atomic E-state index is -0.186. The second-order valence-corrected chi connectivity index (χ2v) is 10.3. The molecule has 2 unspecified atom stereocenters. The number of carbonyl (C=O) groups excluding carboxylic acids is 3. The minimum absolute atomic E-state index is 0.0174. The van der Waals surface area contributed by atoms with Crippen LogP contribution < -0.4 is 10.6 Å². The molecule has 5 atom stereocenters. The highest BCUT2D eigenvalue weighted by Gasteiger charge is 2.46. The fraction of sp³-hybridized carbons (Fsp3) is 0.483. The van der Waals surface area contributed by atoms with E-state index in [1.807, 2.05) is 53.4 Å². The maximum Gasteiger partial charge on any atom is 0.251 e. The maximum atomic E-state index is 13.2. The number of likely N-dealkylation sites (tertiary alicyclic amines) is 1. The molecule has 0 spiro atoms. The normalized spacial score (nSPS) is 28.1. The number of benzene rings is 2. The van der Waals surface area contributed by atoms with Gasteiger partial charge < -0.3 is 15.5 Å². The Hall–Kier alpha value is -3.15. The zero-order chi connectivity index (χ0) is 24.2. The average Bonchev–Trinajstić information content (AvgIpc) is 3.71. The number of amides is 3. The van der Waals surface area contributed by atoms with Gasteiger partial charge in [-0.15, -0.1) is 0 Å². The Labute approximate surface area is 207 Å². The number of hydrogen-bond acceptors (Lipinski definition) is 3. The maximum absolute atomic E-state index is 13.2. The number of hydrogen-bond donors (Lipinski definition) is 2. The predicted molar refractivity (Wildman–Crippen MR) is 135 cm³/mol. The lowest BCUT2D eigenvalue weighted by molar-refractivity contribution is -0.137. The van der Waals surface area contributed by atoms with Crippen LogP contribution in [0, 0.1) is 11.8 Å². The molecule has 2 saturated carbocycles. The van der Waals surface area contributed by atoms with E-state index < -0.39 is 0 Å². The molecule has 0 radical (unpaired) electrons. The number of piperidine rings is 1. The van der Waals surface area contributed by atoms with Crippen LogP contribution in [0.3, 0.4) is 0 Å². The van der Waals surface area contributed by atoms with E-state index in [0.29, 0.717) is 18.0 Å². The molecule has 6 heteroatoms. The van der Waals surface area contributed by atoms with Crippen molar-refractivity contribution in [2.24, 2.45) is 11.8 Å². The summed E-state index contributed by atoms with van der Waals surface area (Å²) in [4.78, 5) is 41.0. The van der Waals surface area contributed by atoms with Crippen LogP contribution >= 0.6 is 0 Å². The first-order valence-electron chi connectivity index (χ1n) is 13.1. The van der Waals surface area contributed by atoms with Crippen LogP contribution in [0.15, 0.2) is 60.7 Å². The largest absolute Gasteiger partial charge is 0.351 e. The Morgan fingerprint density at radius 2 is 1.43 bits per heavy atom. The summed E-state index contributed by atoms with van der Waals surface area (Å²) in [6, 6.07) is 19.3. The SMILES string of the molecule is O=C(N[C@@H]1CCCC[C@H]1NC(=O)C1CCCN(C(=O)C2C[C@H]2c2ccccc2)C1)c1ccccc1. The summed E-state index contributed by atoms with van der Waals surface area (Å²) in [7, 11) is 0. The number of nitrogens with zero attached hydrogens (tertiary/aromatic N) is 1. The quantitative estimate of drug-likeness (QED) is 0.668. The molecule has 0 bridgehead atoms. The minimum Gasteiger partial charge on any atom is -0.351 e. The summed E-state index contributed by atoms with van der Waals surface area (Å²) in [6.45, 7) is 1.23. The van der Waals surface area contributed by atoms with Gasteiger partial charge >= 0.3 is 0 Å². The molecule has 2 aromatic rings. The van der Waals surface area contributed by atoms with Gasteiger partial charge in [0.1, 0.15) is 0 Å². The molecule has 5 rings (SSSR count). The third-order valence-corrected chi connectivity index (χ3v) is 7.89. The molecule has 1 saturated heterocycles. The van der Waals surface area contributed by atoms with Gasteiger partial charge in [0.05, 0.1) is 5.92 Å². The van der Waals surface area contributed by atoms with E-state index in [-0.39, 0.29) is 41.6 Å². The van der Waals surface area contributed by atoms with Crippen LogP contribution in [0.5, 0.6) is 0 Å². The first-order chi connectivity index (χ1) is 17.1. The van der Waals surface area contributed by atoms with E-state index in [0.717, 1.165) is 51.5 Å². The molecule has 3 fully saturated rings. The Bertz CT molecular complexity index is 1040. The topological polar surface area (TPSA) is 78.5 Å². The fourth-order valence-corrected chi connectivity index (χ4v) is 5.78. The molecule has 3 amide bonds. The van der Waals surface area contributed by atoms with Crippen molar-refractivity contribution in [1.29, 1.82) is 0 Å². The molecule has 3 aliphatic rings. The molecule has 2 aromatic carbocycles. The second kappa shape index (κ2) is 10.6. The summed E-state index contributed by atoms with van der Waals surface area (Å²) in [5.74, 6) is 0.299. The predicted octanol–water partition coefficient (Wildman–Crippen LogP) is 3.89. The molecule has 1 heterocycles. The highest BCUT2D eigenvalue weighted by molar-refractivity contribution is 5.94. The molecule has 35 heavy (non-hydrogen) atoms. The van der Waals surface area contributed by atoms with Gasteiger partial charge in [0.15, 0.2) is 0 Å². The van der Waals surface area contributed by atoms with Crippen LogP contribution in [0.1, 0.15) is 66.8 Å². The zero-order valence-corrected chi connectivity index (χ0v) is 20.2. The van der Waals surface area contributed by atoms with Gasteiger partial charge in [0.25, 0.3) is 5.91 Å². The summed E-state index contributed by atoms with van der Waals surface area (Å²) in [5, 5.41) is 6.39. The van der Waals surface area contributed by atoms with Gasteiger partial charge in [-0.2, -0.15) is 0 Å². The Balaban J connectivity index is 1.16. The lowest BCUT2D eigenvalue weighted by Gasteiger charge is -2.36. The third kappa shape index (κ3) is 5.58.